The second-order valence-electron chi connectivity index (χ2n) is 4.21. The van der Waals surface area contributed by atoms with Crippen molar-refractivity contribution in [3.63, 3.8) is 0 Å². The van der Waals surface area contributed by atoms with E-state index < -0.39 is 5.97 Å². The number of aliphatic hydroxyl groups excluding tert-OH is 1. The number of carbonyl (C=O) groups is 1. The molecule has 0 saturated heterocycles. The van der Waals surface area contributed by atoms with Crippen LogP contribution in [0.25, 0.3) is 0 Å². The number of benzene rings is 1. The zero-order valence-electron chi connectivity index (χ0n) is 8.44. The first kappa shape index (κ1) is 10.2. The summed E-state index contributed by atoms with van der Waals surface area (Å²) in [5, 5.41) is 18.0. The monoisotopic (exact) mass is 206 g/mol. The molecule has 0 aliphatic heterocycles. The number of hydrogen-bond donors (Lipinski definition) is 2. The molecule has 0 heterocycles. The average molecular weight is 206 g/mol. The summed E-state index contributed by atoms with van der Waals surface area (Å²) < 4.78 is 0. The van der Waals surface area contributed by atoms with Crippen LogP contribution in [-0.2, 0) is 16.6 Å². The highest BCUT2D eigenvalue weighted by Gasteiger charge is 2.43. The molecule has 1 aromatic carbocycles. The lowest BCUT2D eigenvalue weighted by Gasteiger charge is -2.12. The van der Waals surface area contributed by atoms with Crippen molar-refractivity contribution in [3.8, 4) is 0 Å². The van der Waals surface area contributed by atoms with Gasteiger partial charge in [0.2, 0.25) is 0 Å². The lowest BCUT2D eigenvalue weighted by atomic mass is 9.94. The Morgan fingerprint density at radius 3 is 2.67 bits per heavy atom. The third-order valence-corrected chi connectivity index (χ3v) is 3.05. The van der Waals surface area contributed by atoms with Crippen molar-refractivity contribution in [2.45, 2.75) is 24.7 Å². The molecule has 0 radical (unpaired) electrons. The predicted molar refractivity (Wildman–Crippen MR) is 55.8 cm³/mol. The van der Waals surface area contributed by atoms with Crippen LogP contribution in [0, 0.1) is 0 Å². The fourth-order valence-corrected chi connectivity index (χ4v) is 1.87. The van der Waals surface area contributed by atoms with Crippen LogP contribution in [0.2, 0.25) is 0 Å². The van der Waals surface area contributed by atoms with Gasteiger partial charge in [-0.1, -0.05) is 24.3 Å². The summed E-state index contributed by atoms with van der Waals surface area (Å²) in [5.74, 6) is -0.819. The molecule has 15 heavy (non-hydrogen) atoms. The zero-order chi connectivity index (χ0) is 10.9. The van der Waals surface area contributed by atoms with E-state index in [-0.39, 0.29) is 18.4 Å². The lowest BCUT2D eigenvalue weighted by molar-refractivity contribution is -0.136. The van der Waals surface area contributed by atoms with Gasteiger partial charge in [-0.05, 0) is 24.0 Å². The molecule has 80 valence electrons. The molecule has 3 heteroatoms. The first-order chi connectivity index (χ1) is 7.16. The largest absolute Gasteiger partial charge is 0.481 e. The standard InChI is InChI=1S/C12H14O3/c13-8-12(4-5-12)10-3-1-2-9(6-10)7-11(14)15/h1-3,6,13H,4-5,7-8H2,(H,14,15). The highest BCUT2D eigenvalue weighted by atomic mass is 16.4. The zero-order valence-corrected chi connectivity index (χ0v) is 8.44. The Kier molecular flexibility index (Phi) is 2.49. The number of aliphatic hydroxyl groups is 1. The van der Waals surface area contributed by atoms with E-state index in [1.807, 2.05) is 24.3 Å². The fourth-order valence-electron chi connectivity index (χ4n) is 1.87. The van der Waals surface area contributed by atoms with Crippen molar-refractivity contribution in [1.82, 2.24) is 0 Å². The molecule has 1 saturated carbocycles. The van der Waals surface area contributed by atoms with Crippen LogP contribution in [0.5, 0.6) is 0 Å². The highest BCUT2D eigenvalue weighted by Crippen LogP contribution is 2.47. The van der Waals surface area contributed by atoms with Gasteiger partial charge in [-0.2, -0.15) is 0 Å². The van der Waals surface area contributed by atoms with E-state index in [2.05, 4.69) is 0 Å². The van der Waals surface area contributed by atoms with Gasteiger partial charge in [0.05, 0.1) is 13.0 Å². The van der Waals surface area contributed by atoms with Crippen LogP contribution in [0.4, 0.5) is 0 Å². The van der Waals surface area contributed by atoms with E-state index in [0.29, 0.717) is 0 Å². The number of carboxylic acids is 1. The van der Waals surface area contributed by atoms with Gasteiger partial charge >= 0.3 is 5.97 Å². The van der Waals surface area contributed by atoms with Crippen molar-refractivity contribution in [3.05, 3.63) is 35.4 Å². The predicted octanol–water partition coefficient (Wildman–Crippen LogP) is 1.34. The van der Waals surface area contributed by atoms with E-state index in [9.17, 15) is 9.90 Å². The summed E-state index contributed by atoms with van der Waals surface area (Å²) in [6, 6.07) is 7.54. The molecule has 3 nitrogen and oxygen atoms in total. The number of aliphatic carboxylic acids is 1. The summed E-state index contributed by atoms with van der Waals surface area (Å²) in [5.41, 5.74) is 1.80. The van der Waals surface area contributed by atoms with Gasteiger partial charge in [-0.25, -0.2) is 0 Å². The second-order valence-corrected chi connectivity index (χ2v) is 4.21. The molecular formula is C12H14O3. The Morgan fingerprint density at radius 1 is 1.40 bits per heavy atom. The van der Waals surface area contributed by atoms with Gasteiger partial charge in [0, 0.05) is 5.41 Å². The van der Waals surface area contributed by atoms with Crippen molar-refractivity contribution in [1.29, 1.82) is 0 Å². The number of carboxylic acid groups (broad SMARTS) is 1. The smallest absolute Gasteiger partial charge is 0.307 e. The van der Waals surface area contributed by atoms with Gasteiger partial charge in [-0.3, -0.25) is 4.79 Å². The van der Waals surface area contributed by atoms with Crippen molar-refractivity contribution < 1.29 is 15.0 Å². The van der Waals surface area contributed by atoms with Crippen molar-refractivity contribution >= 4 is 5.97 Å². The van der Waals surface area contributed by atoms with Gasteiger partial charge in [-0.15, -0.1) is 0 Å². The van der Waals surface area contributed by atoms with Crippen LogP contribution in [0.1, 0.15) is 24.0 Å². The summed E-state index contributed by atoms with van der Waals surface area (Å²) >= 11 is 0. The SMILES string of the molecule is O=C(O)Cc1cccc(C2(CO)CC2)c1. The summed E-state index contributed by atoms with van der Waals surface area (Å²) in [7, 11) is 0. The van der Waals surface area contributed by atoms with Crippen LogP contribution in [-0.4, -0.2) is 22.8 Å². The maximum Gasteiger partial charge on any atom is 0.307 e. The maximum absolute atomic E-state index is 10.6. The van der Waals surface area contributed by atoms with Crippen LogP contribution in [0.3, 0.4) is 0 Å². The van der Waals surface area contributed by atoms with E-state index in [1.165, 1.54) is 0 Å². The molecule has 0 spiro atoms. The average Bonchev–Trinajstić information content (AvgIpc) is 2.97. The van der Waals surface area contributed by atoms with Crippen LogP contribution in [0.15, 0.2) is 24.3 Å². The first-order valence-corrected chi connectivity index (χ1v) is 5.08. The Balaban J connectivity index is 2.23. The van der Waals surface area contributed by atoms with Crippen LogP contribution < -0.4 is 0 Å². The number of rotatable bonds is 4. The quantitative estimate of drug-likeness (QED) is 0.781. The molecule has 0 unspecified atom stereocenters. The Morgan fingerprint density at radius 2 is 2.13 bits per heavy atom. The van der Waals surface area contributed by atoms with Crippen molar-refractivity contribution in [2.75, 3.05) is 6.61 Å². The summed E-state index contributed by atoms with van der Waals surface area (Å²) in [4.78, 5) is 10.6. The highest BCUT2D eigenvalue weighted by molar-refractivity contribution is 5.70. The number of hydrogen-bond acceptors (Lipinski definition) is 2. The third-order valence-electron chi connectivity index (χ3n) is 3.05. The van der Waals surface area contributed by atoms with Gasteiger partial charge in [0.15, 0.2) is 0 Å². The molecule has 0 bridgehead atoms. The second kappa shape index (κ2) is 3.66. The van der Waals surface area contributed by atoms with Gasteiger partial charge in [0.25, 0.3) is 0 Å². The molecule has 0 amide bonds. The molecule has 2 rings (SSSR count). The molecule has 0 aromatic heterocycles. The molecule has 1 aromatic rings. The van der Waals surface area contributed by atoms with Gasteiger partial charge < -0.3 is 10.2 Å². The Labute approximate surface area is 88.4 Å². The van der Waals surface area contributed by atoms with E-state index in [0.717, 1.165) is 24.0 Å². The molecule has 1 aliphatic carbocycles. The molecule has 0 atom stereocenters. The normalized spacial score (nSPS) is 17.4. The van der Waals surface area contributed by atoms with Gasteiger partial charge in [0.1, 0.15) is 0 Å². The molecular weight excluding hydrogens is 192 g/mol. The van der Waals surface area contributed by atoms with Crippen LogP contribution >= 0.6 is 0 Å². The van der Waals surface area contributed by atoms with E-state index in [1.54, 1.807) is 0 Å². The minimum Gasteiger partial charge on any atom is -0.481 e. The van der Waals surface area contributed by atoms with E-state index in [4.69, 9.17) is 5.11 Å². The van der Waals surface area contributed by atoms with Crippen molar-refractivity contribution in [2.24, 2.45) is 0 Å². The molecule has 1 aliphatic rings. The summed E-state index contributed by atoms with van der Waals surface area (Å²) in [6.45, 7) is 0.156. The summed E-state index contributed by atoms with van der Waals surface area (Å²) in [6.07, 6.45) is 2.05. The lowest BCUT2D eigenvalue weighted by Crippen LogP contribution is -2.12. The minimum atomic E-state index is -0.819. The maximum atomic E-state index is 10.6. The third kappa shape index (κ3) is 2.02. The Bertz CT molecular complexity index is 380. The van der Waals surface area contributed by atoms with E-state index >= 15 is 0 Å². The Hall–Kier alpha value is -1.35. The molecule has 1 fully saturated rings. The first-order valence-electron chi connectivity index (χ1n) is 5.08. The molecule has 2 N–H and O–H groups in total. The minimum absolute atomic E-state index is 0.0509. The topological polar surface area (TPSA) is 57.5 Å². The fraction of sp³-hybridized carbons (Fsp3) is 0.417.